The van der Waals surface area contributed by atoms with Gasteiger partial charge in [0, 0.05) is 6.21 Å². The van der Waals surface area contributed by atoms with Gasteiger partial charge >= 0.3 is 0 Å². The fourth-order valence-electron chi connectivity index (χ4n) is 3.44. The van der Waals surface area contributed by atoms with Crippen molar-refractivity contribution in [2.45, 2.75) is 16.4 Å². The van der Waals surface area contributed by atoms with Crippen molar-refractivity contribution < 1.29 is 22.6 Å². The second kappa shape index (κ2) is 10.9. The van der Waals surface area contributed by atoms with Gasteiger partial charge in [-0.05, 0) is 59.7 Å². The number of benzene rings is 4. The van der Waals surface area contributed by atoms with Crippen molar-refractivity contribution in [2.24, 2.45) is 4.99 Å². The molecule has 0 unspecified atom stereocenters. The molecule has 7 heteroatoms. The topological polar surface area (TPSA) is 74.2 Å². The summed E-state index contributed by atoms with van der Waals surface area (Å²) < 4.78 is 42.8. The SMILES string of the molecule is COc1ccc(S(=O)(=O)c2ccccc2)cc1N=Cc1ccc(OCc2ccccc2)c(OC)c1. The minimum absolute atomic E-state index is 0.138. The second-order valence-corrected chi connectivity index (χ2v) is 9.54. The number of nitrogens with zero attached hydrogens (tertiary/aromatic N) is 1. The van der Waals surface area contributed by atoms with E-state index in [1.807, 2.05) is 42.5 Å². The fourth-order valence-corrected chi connectivity index (χ4v) is 4.74. The number of hydrogen-bond acceptors (Lipinski definition) is 6. The third-order valence-corrected chi connectivity index (χ3v) is 7.06. The van der Waals surface area contributed by atoms with Gasteiger partial charge in [-0.3, -0.25) is 4.99 Å². The summed E-state index contributed by atoms with van der Waals surface area (Å²) in [5, 5.41) is 0. The van der Waals surface area contributed by atoms with Crippen LogP contribution in [0.15, 0.2) is 112 Å². The van der Waals surface area contributed by atoms with E-state index in [0.717, 1.165) is 11.1 Å². The molecule has 0 fully saturated rings. The molecule has 0 bridgehead atoms. The number of sulfone groups is 1. The highest BCUT2D eigenvalue weighted by Crippen LogP contribution is 2.33. The molecule has 0 heterocycles. The fraction of sp³-hybridized carbons (Fsp3) is 0.107. The Labute approximate surface area is 205 Å². The van der Waals surface area contributed by atoms with Gasteiger partial charge in [0.15, 0.2) is 11.5 Å². The Morgan fingerprint density at radius 1 is 0.714 bits per heavy atom. The highest BCUT2D eigenvalue weighted by molar-refractivity contribution is 7.91. The summed E-state index contributed by atoms with van der Waals surface area (Å²) in [6.45, 7) is 0.421. The number of rotatable bonds is 9. The van der Waals surface area contributed by atoms with Crippen molar-refractivity contribution in [3.63, 3.8) is 0 Å². The number of hydrogen-bond donors (Lipinski definition) is 0. The van der Waals surface area contributed by atoms with Gasteiger partial charge in [0.25, 0.3) is 0 Å². The van der Waals surface area contributed by atoms with Crippen molar-refractivity contribution in [1.82, 2.24) is 0 Å². The summed E-state index contributed by atoms with van der Waals surface area (Å²) in [6, 6.07) is 28.3. The van der Waals surface area contributed by atoms with E-state index < -0.39 is 9.84 Å². The van der Waals surface area contributed by atoms with Gasteiger partial charge in [-0.2, -0.15) is 0 Å². The highest BCUT2D eigenvalue weighted by Gasteiger charge is 2.19. The van der Waals surface area contributed by atoms with Gasteiger partial charge in [0.05, 0.1) is 24.0 Å². The molecule has 0 aliphatic carbocycles. The molecule has 4 aromatic carbocycles. The van der Waals surface area contributed by atoms with E-state index in [1.54, 1.807) is 55.8 Å². The summed E-state index contributed by atoms with van der Waals surface area (Å²) in [7, 11) is -0.589. The zero-order valence-electron chi connectivity index (χ0n) is 19.4. The van der Waals surface area contributed by atoms with E-state index in [-0.39, 0.29) is 9.79 Å². The maximum Gasteiger partial charge on any atom is 0.206 e. The Morgan fingerprint density at radius 2 is 1.37 bits per heavy atom. The molecule has 0 aliphatic rings. The van der Waals surface area contributed by atoms with Crippen molar-refractivity contribution in [2.75, 3.05) is 14.2 Å². The minimum Gasteiger partial charge on any atom is -0.494 e. The number of methoxy groups -OCH3 is 2. The first-order valence-corrected chi connectivity index (χ1v) is 12.4. The zero-order chi connectivity index (χ0) is 24.7. The van der Waals surface area contributed by atoms with Gasteiger partial charge < -0.3 is 14.2 Å². The summed E-state index contributed by atoms with van der Waals surface area (Å²) in [5.74, 6) is 1.64. The van der Waals surface area contributed by atoms with Crippen molar-refractivity contribution in [1.29, 1.82) is 0 Å². The molecule has 178 valence electrons. The average Bonchev–Trinajstić information content (AvgIpc) is 2.91. The van der Waals surface area contributed by atoms with Gasteiger partial charge in [0.2, 0.25) is 9.84 Å². The van der Waals surface area contributed by atoms with E-state index >= 15 is 0 Å². The van der Waals surface area contributed by atoms with Crippen LogP contribution in [0.3, 0.4) is 0 Å². The van der Waals surface area contributed by atoms with Crippen LogP contribution in [0.1, 0.15) is 11.1 Å². The first-order chi connectivity index (χ1) is 17.0. The van der Waals surface area contributed by atoms with Crippen LogP contribution in [-0.2, 0) is 16.4 Å². The van der Waals surface area contributed by atoms with E-state index in [9.17, 15) is 8.42 Å². The highest BCUT2D eigenvalue weighted by atomic mass is 32.2. The molecule has 4 rings (SSSR count). The lowest BCUT2D eigenvalue weighted by molar-refractivity contribution is 0.284. The van der Waals surface area contributed by atoms with E-state index in [1.165, 1.54) is 19.2 Å². The maximum absolute atomic E-state index is 13.0. The smallest absolute Gasteiger partial charge is 0.206 e. The molecular formula is C28H25NO5S. The lowest BCUT2D eigenvalue weighted by Gasteiger charge is -2.11. The Balaban J connectivity index is 1.58. The van der Waals surface area contributed by atoms with Crippen molar-refractivity contribution >= 4 is 21.7 Å². The van der Waals surface area contributed by atoms with Crippen LogP contribution in [0.2, 0.25) is 0 Å². The van der Waals surface area contributed by atoms with Crippen LogP contribution < -0.4 is 14.2 Å². The molecule has 0 aromatic heterocycles. The van der Waals surface area contributed by atoms with Gasteiger partial charge in [0.1, 0.15) is 18.0 Å². The summed E-state index contributed by atoms with van der Waals surface area (Å²) in [4.78, 5) is 4.86. The molecular weight excluding hydrogens is 462 g/mol. The Hall–Kier alpha value is -4.10. The Morgan fingerprint density at radius 3 is 2.06 bits per heavy atom. The van der Waals surface area contributed by atoms with Crippen LogP contribution in [0.4, 0.5) is 5.69 Å². The van der Waals surface area contributed by atoms with Gasteiger partial charge in [-0.25, -0.2) is 8.42 Å². The zero-order valence-corrected chi connectivity index (χ0v) is 20.2. The Bertz CT molecular complexity index is 1420. The van der Waals surface area contributed by atoms with Crippen molar-refractivity contribution in [3.8, 4) is 17.2 Å². The monoisotopic (exact) mass is 487 g/mol. The van der Waals surface area contributed by atoms with E-state index in [0.29, 0.717) is 29.5 Å². The maximum atomic E-state index is 13.0. The molecule has 6 nitrogen and oxygen atoms in total. The Kier molecular flexibility index (Phi) is 7.48. The molecule has 35 heavy (non-hydrogen) atoms. The molecule has 0 radical (unpaired) electrons. The third-order valence-electron chi connectivity index (χ3n) is 5.29. The summed E-state index contributed by atoms with van der Waals surface area (Å²) in [5.41, 5.74) is 2.21. The number of ether oxygens (including phenoxy) is 3. The lowest BCUT2D eigenvalue weighted by Crippen LogP contribution is -2.02. The minimum atomic E-state index is -3.68. The van der Waals surface area contributed by atoms with Crippen molar-refractivity contribution in [3.05, 3.63) is 108 Å². The molecule has 0 aliphatic heterocycles. The number of aliphatic imine (C=N–C) groups is 1. The van der Waals surface area contributed by atoms with Crippen LogP contribution in [0.5, 0.6) is 17.2 Å². The van der Waals surface area contributed by atoms with Crippen LogP contribution >= 0.6 is 0 Å². The molecule has 0 amide bonds. The van der Waals surface area contributed by atoms with Crippen LogP contribution in [-0.4, -0.2) is 28.9 Å². The van der Waals surface area contributed by atoms with Gasteiger partial charge in [-0.15, -0.1) is 0 Å². The molecule has 0 atom stereocenters. The van der Waals surface area contributed by atoms with Crippen LogP contribution in [0.25, 0.3) is 0 Å². The van der Waals surface area contributed by atoms with Crippen LogP contribution in [0, 0.1) is 0 Å². The standard InChI is InChI=1S/C28H25NO5S/c1-32-26-16-14-24(35(30,31)23-11-7-4-8-12-23)18-25(26)29-19-22-13-15-27(28(17-22)33-2)34-20-21-9-5-3-6-10-21/h3-19H,20H2,1-2H3. The summed E-state index contributed by atoms with van der Waals surface area (Å²) >= 11 is 0. The largest absolute Gasteiger partial charge is 0.494 e. The third kappa shape index (κ3) is 5.70. The predicted molar refractivity (Wildman–Crippen MR) is 136 cm³/mol. The van der Waals surface area contributed by atoms with E-state index in [2.05, 4.69) is 4.99 Å². The molecule has 0 saturated heterocycles. The molecule has 0 saturated carbocycles. The molecule has 0 N–H and O–H groups in total. The second-order valence-electron chi connectivity index (χ2n) is 7.59. The summed E-state index contributed by atoms with van der Waals surface area (Å²) in [6.07, 6.45) is 1.63. The molecule has 0 spiro atoms. The van der Waals surface area contributed by atoms with Gasteiger partial charge in [-0.1, -0.05) is 48.5 Å². The normalized spacial score (nSPS) is 11.4. The first kappa shape index (κ1) is 24.0. The first-order valence-electron chi connectivity index (χ1n) is 10.9. The average molecular weight is 488 g/mol. The van der Waals surface area contributed by atoms with E-state index in [4.69, 9.17) is 14.2 Å². The lowest BCUT2D eigenvalue weighted by atomic mass is 10.2. The predicted octanol–water partition coefficient (Wildman–Crippen LogP) is 5.87. The molecule has 4 aromatic rings. The quantitative estimate of drug-likeness (QED) is 0.276.